The lowest BCUT2D eigenvalue weighted by Gasteiger charge is -2.06. The number of ether oxygens (including phenoxy) is 1. The molecule has 0 saturated heterocycles. The number of carbonyl (C=O) groups is 1. The quantitative estimate of drug-likeness (QED) is 0.730. The molecule has 1 aromatic carbocycles. The molecule has 2 nitrogen and oxygen atoms in total. The van der Waals surface area contributed by atoms with Crippen LogP contribution in [0.15, 0.2) is 18.2 Å². The molecule has 0 radical (unpaired) electrons. The summed E-state index contributed by atoms with van der Waals surface area (Å²) in [6.45, 7) is -2.90. The minimum atomic E-state index is -2.90. The summed E-state index contributed by atoms with van der Waals surface area (Å²) >= 11 is 5.63. The predicted octanol–water partition coefficient (Wildman–Crippen LogP) is 2.68. The third kappa shape index (κ3) is 2.96. The fourth-order valence-corrected chi connectivity index (χ4v) is 1.21. The molecule has 5 heteroatoms. The molecule has 0 heterocycles. The van der Waals surface area contributed by atoms with Gasteiger partial charge in [0.1, 0.15) is 12.0 Å². The van der Waals surface area contributed by atoms with Crippen LogP contribution >= 0.6 is 11.6 Å². The van der Waals surface area contributed by atoms with Gasteiger partial charge in [-0.15, -0.1) is 0 Å². The molecule has 0 saturated carbocycles. The maximum Gasteiger partial charge on any atom is 0.387 e. The van der Waals surface area contributed by atoms with Crippen molar-refractivity contribution in [3.63, 3.8) is 0 Å². The van der Waals surface area contributed by atoms with Crippen molar-refractivity contribution in [1.82, 2.24) is 0 Å². The highest BCUT2D eigenvalue weighted by atomic mass is 35.5. The number of aldehydes is 1. The number of carbonyl (C=O) groups excluding carboxylic acids is 1. The van der Waals surface area contributed by atoms with Crippen LogP contribution in [0.2, 0.25) is 5.02 Å². The zero-order valence-electron chi connectivity index (χ0n) is 7.04. The van der Waals surface area contributed by atoms with Crippen molar-refractivity contribution >= 4 is 17.9 Å². The van der Waals surface area contributed by atoms with E-state index in [0.717, 1.165) is 0 Å². The lowest BCUT2D eigenvalue weighted by Crippen LogP contribution is -2.02. The van der Waals surface area contributed by atoms with Crippen LogP contribution < -0.4 is 4.74 Å². The van der Waals surface area contributed by atoms with Crippen LogP contribution in [0.4, 0.5) is 8.78 Å². The van der Waals surface area contributed by atoms with Gasteiger partial charge in [0.2, 0.25) is 0 Å². The van der Waals surface area contributed by atoms with Gasteiger partial charge in [-0.1, -0.05) is 17.7 Å². The van der Waals surface area contributed by atoms with Crippen LogP contribution in [0.25, 0.3) is 0 Å². The molecule has 0 amide bonds. The summed E-state index contributed by atoms with van der Waals surface area (Å²) in [5.41, 5.74) is 0.659. The van der Waals surface area contributed by atoms with Crippen molar-refractivity contribution in [3.05, 3.63) is 28.8 Å². The van der Waals surface area contributed by atoms with Gasteiger partial charge >= 0.3 is 6.61 Å². The highest BCUT2D eigenvalue weighted by Crippen LogP contribution is 2.26. The first kappa shape index (κ1) is 10.9. The molecule has 0 fully saturated rings. The molecule has 1 rings (SSSR count). The summed E-state index contributed by atoms with van der Waals surface area (Å²) in [5, 5.41) is 0.0738. The minimum Gasteiger partial charge on any atom is -0.433 e. The van der Waals surface area contributed by atoms with Crippen LogP contribution in [-0.2, 0) is 11.2 Å². The Morgan fingerprint density at radius 1 is 1.50 bits per heavy atom. The molecule has 1 aromatic rings. The maximum atomic E-state index is 11.8. The maximum absolute atomic E-state index is 11.8. The fourth-order valence-electron chi connectivity index (χ4n) is 0.959. The van der Waals surface area contributed by atoms with Gasteiger partial charge < -0.3 is 9.53 Å². The summed E-state index contributed by atoms with van der Waals surface area (Å²) < 4.78 is 27.7. The molecular formula is C9H7ClF2O2. The summed E-state index contributed by atoms with van der Waals surface area (Å²) in [5.74, 6) is -0.0867. The number of hydrogen-bond donors (Lipinski definition) is 0. The molecule has 14 heavy (non-hydrogen) atoms. The Kier molecular flexibility index (Phi) is 3.83. The first-order valence-corrected chi connectivity index (χ1v) is 4.18. The van der Waals surface area contributed by atoms with Crippen molar-refractivity contribution in [2.45, 2.75) is 13.0 Å². The van der Waals surface area contributed by atoms with Gasteiger partial charge in [0, 0.05) is 6.42 Å². The number of halogens is 3. The Bertz CT molecular complexity index is 329. The Hall–Kier alpha value is -1.16. The summed E-state index contributed by atoms with van der Waals surface area (Å²) in [6.07, 6.45) is 0.911. The lowest BCUT2D eigenvalue weighted by atomic mass is 10.2. The van der Waals surface area contributed by atoms with Gasteiger partial charge in [0.05, 0.1) is 5.02 Å². The molecule has 0 bridgehead atoms. The number of hydrogen-bond acceptors (Lipinski definition) is 2. The standard InChI is InChI=1S/C9H7ClF2O2/c10-7-5-6(3-4-13)1-2-8(7)14-9(11)12/h1-2,4-5,9H,3H2. The van der Waals surface area contributed by atoms with Crippen LogP contribution in [-0.4, -0.2) is 12.9 Å². The molecule has 0 unspecified atom stereocenters. The molecule has 0 aromatic heterocycles. The molecular weight excluding hydrogens is 214 g/mol. The SMILES string of the molecule is O=CCc1ccc(OC(F)F)c(Cl)c1. The molecule has 0 aliphatic heterocycles. The van der Waals surface area contributed by atoms with Crippen molar-refractivity contribution in [3.8, 4) is 5.75 Å². The van der Waals surface area contributed by atoms with E-state index in [-0.39, 0.29) is 17.2 Å². The van der Waals surface area contributed by atoms with Gasteiger partial charge in [-0.05, 0) is 17.7 Å². The molecule has 0 atom stereocenters. The zero-order chi connectivity index (χ0) is 10.6. The van der Waals surface area contributed by atoms with E-state index in [1.807, 2.05) is 0 Å². The van der Waals surface area contributed by atoms with Crippen LogP contribution in [0.3, 0.4) is 0 Å². The first-order valence-electron chi connectivity index (χ1n) is 3.80. The van der Waals surface area contributed by atoms with Gasteiger partial charge in [-0.3, -0.25) is 0 Å². The van der Waals surface area contributed by atoms with E-state index in [0.29, 0.717) is 11.8 Å². The number of rotatable bonds is 4. The van der Waals surface area contributed by atoms with Crippen LogP contribution in [0, 0.1) is 0 Å². The smallest absolute Gasteiger partial charge is 0.387 e. The third-order valence-corrected chi connectivity index (χ3v) is 1.83. The Balaban J connectivity index is 2.83. The van der Waals surface area contributed by atoms with E-state index >= 15 is 0 Å². The van der Waals surface area contributed by atoms with E-state index in [9.17, 15) is 13.6 Å². The zero-order valence-corrected chi connectivity index (χ0v) is 7.80. The second kappa shape index (κ2) is 4.91. The van der Waals surface area contributed by atoms with E-state index < -0.39 is 6.61 Å². The van der Waals surface area contributed by atoms with Crippen molar-refractivity contribution < 1.29 is 18.3 Å². The Morgan fingerprint density at radius 2 is 2.21 bits per heavy atom. The summed E-state index contributed by atoms with van der Waals surface area (Å²) in [6, 6.07) is 4.25. The predicted molar refractivity (Wildman–Crippen MR) is 47.9 cm³/mol. The first-order chi connectivity index (χ1) is 6.63. The molecule has 0 spiro atoms. The van der Waals surface area contributed by atoms with E-state index in [1.54, 1.807) is 0 Å². The molecule has 0 aliphatic carbocycles. The van der Waals surface area contributed by atoms with Crippen LogP contribution in [0.5, 0.6) is 5.75 Å². The Morgan fingerprint density at radius 3 is 2.71 bits per heavy atom. The summed E-state index contributed by atoms with van der Waals surface area (Å²) in [7, 11) is 0. The highest BCUT2D eigenvalue weighted by Gasteiger charge is 2.08. The average molecular weight is 221 g/mol. The second-order valence-electron chi connectivity index (χ2n) is 2.51. The van der Waals surface area contributed by atoms with Crippen molar-refractivity contribution in [1.29, 1.82) is 0 Å². The minimum absolute atomic E-state index is 0.0738. The summed E-state index contributed by atoms with van der Waals surface area (Å²) in [4.78, 5) is 10.2. The van der Waals surface area contributed by atoms with Gasteiger partial charge in [0.15, 0.2) is 0 Å². The number of benzene rings is 1. The van der Waals surface area contributed by atoms with Gasteiger partial charge in [-0.2, -0.15) is 8.78 Å². The van der Waals surface area contributed by atoms with Crippen molar-refractivity contribution in [2.24, 2.45) is 0 Å². The average Bonchev–Trinajstić information content (AvgIpc) is 2.10. The molecule has 0 N–H and O–H groups in total. The third-order valence-electron chi connectivity index (χ3n) is 1.53. The molecule has 0 aliphatic rings. The van der Waals surface area contributed by atoms with Gasteiger partial charge in [0.25, 0.3) is 0 Å². The van der Waals surface area contributed by atoms with Gasteiger partial charge in [-0.25, -0.2) is 0 Å². The monoisotopic (exact) mass is 220 g/mol. The second-order valence-corrected chi connectivity index (χ2v) is 2.92. The van der Waals surface area contributed by atoms with Crippen LogP contribution in [0.1, 0.15) is 5.56 Å². The molecule has 76 valence electrons. The number of alkyl halides is 2. The van der Waals surface area contributed by atoms with E-state index in [2.05, 4.69) is 4.74 Å². The Labute approximate surface area is 84.4 Å². The normalized spacial score (nSPS) is 10.3. The largest absolute Gasteiger partial charge is 0.433 e. The van der Waals surface area contributed by atoms with E-state index in [4.69, 9.17) is 11.6 Å². The highest BCUT2D eigenvalue weighted by molar-refractivity contribution is 6.32. The fraction of sp³-hybridized carbons (Fsp3) is 0.222. The van der Waals surface area contributed by atoms with E-state index in [1.165, 1.54) is 18.2 Å². The topological polar surface area (TPSA) is 26.3 Å². The van der Waals surface area contributed by atoms with Crippen molar-refractivity contribution in [2.75, 3.05) is 0 Å². The lowest BCUT2D eigenvalue weighted by molar-refractivity contribution is -0.107.